The van der Waals surface area contributed by atoms with Gasteiger partial charge in [0, 0.05) is 12.0 Å². The highest BCUT2D eigenvalue weighted by Gasteiger charge is 2.06. The smallest absolute Gasteiger partial charge is 0.305 e. The van der Waals surface area contributed by atoms with Gasteiger partial charge in [0.25, 0.3) is 0 Å². The van der Waals surface area contributed by atoms with Crippen LogP contribution in [0, 0.1) is 5.82 Å². The number of hydrogen-bond donors (Lipinski definition) is 0. The van der Waals surface area contributed by atoms with Gasteiger partial charge >= 0.3 is 5.97 Å². The minimum atomic E-state index is -0.353. The van der Waals surface area contributed by atoms with Gasteiger partial charge < -0.3 is 4.74 Å². The van der Waals surface area contributed by atoms with Gasteiger partial charge in [-0.25, -0.2) is 9.18 Å². The number of rotatable bonds is 5. The zero-order valence-electron chi connectivity index (χ0n) is 9.53. The number of ether oxygens (including phenoxy) is 1. The molecule has 90 valence electrons. The second kappa shape index (κ2) is 6.61. The Morgan fingerprint density at radius 2 is 1.94 bits per heavy atom. The average molecular weight is 236 g/mol. The van der Waals surface area contributed by atoms with E-state index in [1.165, 1.54) is 31.4 Å². The Bertz CT molecular complexity index is 430. The summed E-state index contributed by atoms with van der Waals surface area (Å²) in [7, 11) is 1.32. The van der Waals surface area contributed by atoms with Gasteiger partial charge in [-0.3, -0.25) is 4.79 Å². The summed E-state index contributed by atoms with van der Waals surface area (Å²) < 4.78 is 17.2. The molecule has 0 saturated carbocycles. The number of esters is 1. The molecule has 0 fully saturated rings. The molecule has 0 N–H and O–H groups in total. The van der Waals surface area contributed by atoms with Crippen molar-refractivity contribution in [3.63, 3.8) is 0 Å². The highest BCUT2D eigenvalue weighted by Crippen LogP contribution is 2.18. The first kappa shape index (κ1) is 13.1. The average Bonchev–Trinajstić information content (AvgIpc) is 2.35. The molecule has 1 rings (SSSR count). The number of halogens is 1. The highest BCUT2D eigenvalue weighted by atomic mass is 19.1. The summed E-state index contributed by atoms with van der Waals surface area (Å²) >= 11 is 0. The summed E-state index contributed by atoms with van der Waals surface area (Å²) in [6.07, 6.45) is 1.18. The quantitative estimate of drug-likeness (QED) is 0.582. The van der Waals surface area contributed by atoms with Crippen LogP contribution in [0.25, 0.3) is 5.57 Å². The molecular weight excluding hydrogens is 223 g/mol. The van der Waals surface area contributed by atoms with Gasteiger partial charge in [-0.15, -0.1) is 0 Å². The summed E-state index contributed by atoms with van der Waals surface area (Å²) in [5.74, 6) is 1.16. The molecule has 17 heavy (non-hydrogen) atoms. The molecule has 0 aromatic heterocycles. The van der Waals surface area contributed by atoms with Crippen molar-refractivity contribution in [3.8, 4) is 0 Å². The lowest BCUT2D eigenvalue weighted by Gasteiger charge is -2.03. The van der Waals surface area contributed by atoms with Crippen LogP contribution < -0.4 is 0 Å². The molecule has 4 heteroatoms. The minimum Gasteiger partial charge on any atom is -0.469 e. The van der Waals surface area contributed by atoms with E-state index in [0.29, 0.717) is 24.0 Å². The highest BCUT2D eigenvalue weighted by molar-refractivity contribution is 5.87. The molecule has 0 unspecified atom stereocenters. The number of methoxy groups -OCH3 is 1. The molecule has 0 aliphatic carbocycles. The molecule has 0 heterocycles. The zero-order chi connectivity index (χ0) is 12.7. The Hall–Kier alpha value is -1.93. The largest absolute Gasteiger partial charge is 0.469 e. The van der Waals surface area contributed by atoms with E-state index in [9.17, 15) is 14.0 Å². The summed E-state index contributed by atoms with van der Waals surface area (Å²) in [5.41, 5.74) is 1.07. The first-order valence-corrected chi connectivity index (χ1v) is 5.24. The monoisotopic (exact) mass is 236 g/mol. The fourth-order valence-corrected chi connectivity index (χ4v) is 1.42. The lowest BCUT2D eigenvalue weighted by atomic mass is 10.0. The maximum atomic E-state index is 12.7. The van der Waals surface area contributed by atoms with Crippen LogP contribution in [-0.4, -0.2) is 19.0 Å². The summed E-state index contributed by atoms with van der Waals surface area (Å²) in [5, 5.41) is 0. The van der Waals surface area contributed by atoms with Crippen molar-refractivity contribution in [3.05, 3.63) is 35.6 Å². The maximum Gasteiger partial charge on any atom is 0.305 e. The van der Waals surface area contributed by atoms with Gasteiger partial charge in [0.05, 0.1) is 7.11 Å². The van der Waals surface area contributed by atoms with E-state index in [1.807, 2.05) is 5.94 Å². The van der Waals surface area contributed by atoms with Gasteiger partial charge in [-0.2, -0.15) is 0 Å². The number of carbonyl (C=O) groups excluding carboxylic acids is 2. The first-order chi connectivity index (χ1) is 8.17. The first-order valence-electron chi connectivity index (χ1n) is 5.24. The Labute approximate surface area is 98.9 Å². The fourth-order valence-electron chi connectivity index (χ4n) is 1.42. The van der Waals surface area contributed by atoms with Crippen LogP contribution in [0.2, 0.25) is 0 Å². The van der Waals surface area contributed by atoms with Crippen molar-refractivity contribution in [1.29, 1.82) is 0 Å². The van der Waals surface area contributed by atoms with Crippen molar-refractivity contribution in [2.75, 3.05) is 7.11 Å². The predicted molar refractivity (Wildman–Crippen MR) is 61.4 cm³/mol. The van der Waals surface area contributed by atoms with Crippen LogP contribution >= 0.6 is 0 Å². The van der Waals surface area contributed by atoms with Crippen molar-refractivity contribution >= 4 is 17.5 Å². The molecule has 0 aliphatic rings. The van der Waals surface area contributed by atoms with E-state index in [2.05, 4.69) is 4.74 Å². The van der Waals surface area contributed by atoms with Crippen molar-refractivity contribution in [2.45, 2.75) is 19.3 Å². The standard InChI is InChI=1S/C13H13FO3/c1-17-13(16)4-2-3-11(9-15)10-5-7-12(14)8-6-10/h5-8H,2-4H2,1H3. The van der Waals surface area contributed by atoms with Crippen LogP contribution in [0.3, 0.4) is 0 Å². The molecule has 0 saturated heterocycles. The number of hydrogen-bond acceptors (Lipinski definition) is 3. The van der Waals surface area contributed by atoms with E-state index >= 15 is 0 Å². The SMILES string of the molecule is COC(=O)CCCC(=C=O)c1ccc(F)cc1. The molecule has 0 bridgehead atoms. The summed E-state index contributed by atoms with van der Waals surface area (Å²) in [4.78, 5) is 21.6. The molecule has 1 aromatic carbocycles. The van der Waals surface area contributed by atoms with E-state index in [4.69, 9.17) is 0 Å². The number of allylic oxidation sites excluding steroid dienone is 1. The van der Waals surface area contributed by atoms with Crippen LogP contribution in [0.1, 0.15) is 24.8 Å². The van der Waals surface area contributed by atoms with Crippen LogP contribution in [0.4, 0.5) is 4.39 Å². The van der Waals surface area contributed by atoms with Gasteiger partial charge in [0.15, 0.2) is 0 Å². The Morgan fingerprint density at radius 3 is 2.47 bits per heavy atom. The van der Waals surface area contributed by atoms with Crippen molar-refractivity contribution in [1.82, 2.24) is 0 Å². The summed E-state index contributed by atoms with van der Waals surface area (Å²) in [6, 6.07) is 5.61. The number of benzene rings is 1. The summed E-state index contributed by atoms with van der Waals surface area (Å²) in [6.45, 7) is 0. The van der Waals surface area contributed by atoms with E-state index < -0.39 is 0 Å². The van der Waals surface area contributed by atoms with Crippen LogP contribution in [-0.2, 0) is 14.3 Å². The Kier molecular flexibility index (Phi) is 5.11. The predicted octanol–water partition coefficient (Wildman–Crippen LogP) is 2.38. The zero-order valence-corrected chi connectivity index (χ0v) is 9.53. The molecule has 0 spiro atoms. The number of carbonyl (C=O) groups is 1. The van der Waals surface area contributed by atoms with Gasteiger partial charge in [0.1, 0.15) is 11.8 Å². The van der Waals surface area contributed by atoms with Crippen molar-refractivity contribution in [2.24, 2.45) is 0 Å². The van der Waals surface area contributed by atoms with E-state index in [-0.39, 0.29) is 18.2 Å². The molecule has 0 amide bonds. The lowest BCUT2D eigenvalue weighted by Crippen LogP contribution is -1.99. The fraction of sp³-hybridized carbons (Fsp3) is 0.308. The van der Waals surface area contributed by atoms with Gasteiger partial charge in [-0.1, -0.05) is 12.1 Å². The van der Waals surface area contributed by atoms with Crippen LogP contribution in [0.15, 0.2) is 24.3 Å². The third-order valence-electron chi connectivity index (χ3n) is 2.35. The van der Waals surface area contributed by atoms with Crippen LogP contribution in [0.5, 0.6) is 0 Å². The van der Waals surface area contributed by atoms with E-state index in [1.54, 1.807) is 0 Å². The third-order valence-corrected chi connectivity index (χ3v) is 2.35. The molecular formula is C13H13FO3. The van der Waals surface area contributed by atoms with Crippen molar-refractivity contribution < 1.29 is 18.7 Å². The topological polar surface area (TPSA) is 43.4 Å². The molecule has 1 aromatic rings. The second-order valence-electron chi connectivity index (χ2n) is 3.52. The maximum absolute atomic E-state index is 12.7. The molecule has 0 atom stereocenters. The minimum absolute atomic E-state index is 0.253. The third kappa shape index (κ3) is 4.21. The van der Waals surface area contributed by atoms with Gasteiger partial charge in [-0.05, 0) is 30.5 Å². The normalized spacial score (nSPS) is 9.53. The van der Waals surface area contributed by atoms with E-state index in [0.717, 1.165) is 0 Å². The molecule has 0 aliphatic heterocycles. The molecule has 3 nitrogen and oxygen atoms in total. The Morgan fingerprint density at radius 1 is 1.29 bits per heavy atom. The van der Waals surface area contributed by atoms with Gasteiger partial charge in [0.2, 0.25) is 0 Å². The Balaban J connectivity index is 2.58. The second-order valence-corrected chi connectivity index (χ2v) is 3.52. The lowest BCUT2D eigenvalue weighted by molar-refractivity contribution is -0.140. The molecule has 0 radical (unpaired) electrons.